The molecule has 0 saturated carbocycles. The van der Waals surface area contributed by atoms with Crippen LogP contribution in [0.2, 0.25) is 0 Å². The highest BCUT2D eigenvalue weighted by Crippen LogP contribution is 2.34. The summed E-state index contributed by atoms with van der Waals surface area (Å²) in [6.45, 7) is 10.3. The van der Waals surface area contributed by atoms with Gasteiger partial charge in [-0.1, -0.05) is 109 Å². The van der Waals surface area contributed by atoms with E-state index in [1.165, 1.54) is 44.5 Å². The quantitative estimate of drug-likeness (QED) is 0.194. The second-order valence-corrected chi connectivity index (χ2v) is 10.5. The number of rotatable bonds is 11. The minimum Gasteiger partial charge on any atom is -0.295 e. The SMILES string of the molecule is C=CCCCCC(=O)C1=CC(C)=CC(c2ccc(-c3ccc(-c4cc(C)cc(CCC)c4)cc3)cc2)C1. The number of Topliss-reactive ketones (excluding diaryl/α,β-unsaturated/α-hetero) is 1. The number of carbonyl (C=O) groups is 1. The first-order valence-electron chi connectivity index (χ1n) is 13.8. The van der Waals surface area contributed by atoms with Crippen molar-refractivity contribution in [1.82, 2.24) is 0 Å². The third-order valence-corrected chi connectivity index (χ3v) is 7.29. The van der Waals surface area contributed by atoms with Crippen LogP contribution in [0.25, 0.3) is 22.3 Å². The lowest BCUT2D eigenvalue weighted by Gasteiger charge is -2.21. The van der Waals surface area contributed by atoms with Crippen LogP contribution >= 0.6 is 0 Å². The zero-order valence-corrected chi connectivity index (χ0v) is 22.7. The lowest BCUT2D eigenvalue weighted by Crippen LogP contribution is -2.10. The van der Waals surface area contributed by atoms with Crippen LogP contribution in [0.3, 0.4) is 0 Å². The Bertz CT molecular complexity index is 1290. The van der Waals surface area contributed by atoms with Crippen molar-refractivity contribution in [2.75, 3.05) is 0 Å². The van der Waals surface area contributed by atoms with Crippen LogP contribution in [-0.4, -0.2) is 5.78 Å². The number of hydrogen-bond acceptors (Lipinski definition) is 1. The van der Waals surface area contributed by atoms with Gasteiger partial charge in [-0.25, -0.2) is 0 Å². The van der Waals surface area contributed by atoms with E-state index in [0.717, 1.165) is 44.1 Å². The zero-order chi connectivity index (χ0) is 26.2. The molecule has 1 aliphatic rings. The maximum absolute atomic E-state index is 12.8. The number of unbranched alkanes of at least 4 members (excludes halogenated alkanes) is 2. The summed E-state index contributed by atoms with van der Waals surface area (Å²) in [6.07, 6.45) is 13.0. The molecule has 0 heterocycles. The second kappa shape index (κ2) is 12.7. The Labute approximate surface area is 223 Å². The standard InChI is InChI=1S/C36H40O/c1-5-7-8-9-11-36(37)35-23-27(4)22-34(25-35)32-18-14-30(15-19-32)29-12-16-31(17-13-29)33-21-26(3)20-28(24-33)10-6-2/h5,12-24,34H,1,6-11,25H2,2-4H3. The van der Waals surface area contributed by atoms with Gasteiger partial charge in [0, 0.05) is 12.3 Å². The van der Waals surface area contributed by atoms with E-state index in [1.807, 2.05) is 6.08 Å². The topological polar surface area (TPSA) is 17.1 Å². The molecule has 190 valence electrons. The summed E-state index contributed by atoms with van der Waals surface area (Å²) in [5, 5.41) is 0. The van der Waals surface area contributed by atoms with Crippen LogP contribution in [-0.2, 0) is 11.2 Å². The molecule has 0 aliphatic heterocycles. The molecule has 3 aromatic carbocycles. The summed E-state index contributed by atoms with van der Waals surface area (Å²) in [6, 6.07) is 24.7. The van der Waals surface area contributed by atoms with E-state index < -0.39 is 0 Å². The van der Waals surface area contributed by atoms with Crippen molar-refractivity contribution in [3.8, 4) is 22.3 Å². The molecule has 0 saturated heterocycles. The van der Waals surface area contributed by atoms with Crippen molar-refractivity contribution >= 4 is 5.78 Å². The van der Waals surface area contributed by atoms with Gasteiger partial charge < -0.3 is 0 Å². The molecule has 37 heavy (non-hydrogen) atoms. The van der Waals surface area contributed by atoms with E-state index in [2.05, 4.69) is 106 Å². The Balaban J connectivity index is 1.44. The Kier molecular flexibility index (Phi) is 9.12. The van der Waals surface area contributed by atoms with E-state index >= 15 is 0 Å². The van der Waals surface area contributed by atoms with Crippen molar-refractivity contribution in [2.24, 2.45) is 0 Å². The Morgan fingerprint density at radius 1 is 0.892 bits per heavy atom. The maximum atomic E-state index is 12.8. The average Bonchev–Trinajstić information content (AvgIpc) is 2.91. The van der Waals surface area contributed by atoms with Gasteiger partial charge in [0.2, 0.25) is 0 Å². The van der Waals surface area contributed by atoms with Crippen LogP contribution in [0.4, 0.5) is 0 Å². The molecule has 0 bridgehead atoms. The van der Waals surface area contributed by atoms with Crippen molar-refractivity contribution in [2.45, 2.75) is 71.6 Å². The van der Waals surface area contributed by atoms with Crippen LogP contribution < -0.4 is 0 Å². The summed E-state index contributed by atoms with van der Waals surface area (Å²) in [7, 11) is 0. The largest absolute Gasteiger partial charge is 0.295 e. The van der Waals surface area contributed by atoms with Gasteiger partial charge in [0.1, 0.15) is 0 Å². The number of hydrogen-bond donors (Lipinski definition) is 0. The number of carbonyl (C=O) groups excluding carboxylic acids is 1. The number of allylic oxidation sites excluding steroid dienone is 5. The smallest absolute Gasteiger partial charge is 0.158 e. The Hall–Kier alpha value is -3.45. The molecule has 0 radical (unpaired) electrons. The van der Waals surface area contributed by atoms with E-state index in [4.69, 9.17) is 0 Å². The highest BCUT2D eigenvalue weighted by molar-refractivity contribution is 5.96. The van der Waals surface area contributed by atoms with Gasteiger partial charge in [-0.2, -0.15) is 0 Å². The summed E-state index contributed by atoms with van der Waals surface area (Å²) < 4.78 is 0. The Morgan fingerprint density at radius 3 is 2.19 bits per heavy atom. The predicted octanol–water partition coefficient (Wildman–Crippen LogP) is 9.96. The normalized spacial score (nSPS) is 15.2. The molecule has 1 aliphatic carbocycles. The average molecular weight is 489 g/mol. The van der Waals surface area contributed by atoms with Crippen molar-refractivity contribution in [3.63, 3.8) is 0 Å². The fourth-order valence-corrected chi connectivity index (χ4v) is 5.38. The third-order valence-electron chi connectivity index (χ3n) is 7.29. The fraction of sp³-hybridized carbons (Fsp3) is 0.306. The summed E-state index contributed by atoms with van der Waals surface area (Å²) in [5.41, 5.74) is 11.2. The van der Waals surface area contributed by atoms with E-state index in [-0.39, 0.29) is 5.92 Å². The first-order chi connectivity index (χ1) is 18.0. The first-order valence-corrected chi connectivity index (χ1v) is 13.8. The molecule has 0 aromatic heterocycles. The minimum atomic E-state index is 0.257. The number of ketones is 1. The molecule has 1 unspecified atom stereocenters. The van der Waals surface area contributed by atoms with Gasteiger partial charge in [-0.05, 0) is 84.9 Å². The van der Waals surface area contributed by atoms with Crippen molar-refractivity contribution < 1.29 is 4.79 Å². The van der Waals surface area contributed by atoms with Gasteiger partial charge in [0.05, 0.1) is 0 Å². The zero-order valence-electron chi connectivity index (χ0n) is 22.7. The maximum Gasteiger partial charge on any atom is 0.158 e. The van der Waals surface area contributed by atoms with Crippen LogP contribution in [0.15, 0.2) is 103 Å². The van der Waals surface area contributed by atoms with Gasteiger partial charge in [0.25, 0.3) is 0 Å². The first kappa shape index (κ1) is 26.6. The molecular formula is C36H40O. The highest BCUT2D eigenvalue weighted by Gasteiger charge is 2.20. The van der Waals surface area contributed by atoms with Crippen LogP contribution in [0.5, 0.6) is 0 Å². The lowest BCUT2D eigenvalue weighted by atomic mass is 9.83. The lowest BCUT2D eigenvalue weighted by molar-refractivity contribution is -0.115. The molecule has 0 N–H and O–H groups in total. The highest BCUT2D eigenvalue weighted by atomic mass is 16.1. The predicted molar refractivity (Wildman–Crippen MR) is 159 cm³/mol. The van der Waals surface area contributed by atoms with Crippen molar-refractivity contribution in [3.05, 3.63) is 119 Å². The molecule has 1 heteroatoms. The fourth-order valence-electron chi connectivity index (χ4n) is 5.38. The molecular weight excluding hydrogens is 448 g/mol. The molecule has 0 spiro atoms. The molecule has 1 atom stereocenters. The molecule has 1 nitrogen and oxygen atoms in total. The summed E-state index contributed by atoms with van der Waals surface area (Å²) in [5.74, 6) is 0.556. The summed E-state index contributed by atoms with van der Waals surface area (Å²) in [4.78, 5) is 12.8. The molecule has 3 aromatic rings. The van der Waals surface area contributed by atoms with E-state index in [9.17, 15) is 4.79 Å². The van der Waals surface area contributed by atoms with Gasteiger partial charge in [-0.15, -0.1) is 6.58 Å². The second-order valence-electron chi connectivity index (χ2n) is 10.5. The molecule has 4 rings (SSSR count). The number of benzene rings is 3. The number of aryl methyl sites for hydroxylation is 2. The minimum absolute atomic E-state index is 0.257. The molecule has 0 amide bonds. The molecule has 0 fully saturated rings. The van der Waals surface area contributed by atoms with Crippen LogP contribution in [0, 0.1) is 6.92 Å². The van der Waals surface area contributed by atoms with Crippen molar-refractivity contribution in [1.29, 1.82) is 0 Å². The van der Waals surface area contributed by atoms with E-state index in [1.54, 1.807) is 0 Å². The third kappa shape index (κ3) is 7.07. The van der Waals surface area contributed by atoms with E-state index in [0.29, 0.717) is 12.2 Å². The van der Waals surface area contributed by atoms with Gasteiger partial charge in [0.15, 0.2) is 5.78 Å². The van der Waals surface area contributed by atoms with Gasteiger partial charge >= 0.3 is 0 Å². The van der Waals surface area contributed by atoms with Gasteiger partial charge in [-0.3, -0.25) is 4.79 Å². The van der Waals surface area contributed by atoms with Crippen LogP contribution in [0.1, 0.15) is 75.0 Å². The summed E-state index contributed by atoms with van der Waals surface area (Å²) >= 11 is 0. The monoisotopic (exact) mass is 488 g/mol. The Morgan fingerprint density at radius 2 is 1.54 bits per heavy atom.